The van der Waals surface area contributed by atoms with Crippen LogP contribution in [0.15, 0.2) is 58.1 Å². The van der Waals surface area contributed by atoms with Crippen molar-refractivity contribution in [2.24, 2.45) is 12.0 Å². The molecule has 29 heavy (non-hydrogen) atoms. The summed E-state index contributed by atoms with van der Waals surface area (Å²) in [7, 11) is 1.96. The Morgan fingerprint density at radius 2 is 2.00 bits per heavy atom. The van der Waals surface area contributed by atoms with Crippen LogP contribution < -0.4 is 10.6 Å². The summed E-state index contributed by atoms with van der Waals surface area (Å²) in [5.74, 6) is 3.31. The van der Waals surface area contributed by atoms with Crippen LogP contribution in [0, 0.1) is 6.92 Å². The van der Waals surface area contributed by atoms with Crippen molar-refractivity contribution in [1.82, 2.24) is 25.4 Å². The number of aromatic nitrogens is 3. The summed E-state index contributed by atoms with van der Waals surface area (Å²) in [5.41, 5.74) is 1.16. The van der Waals surface area contributed by atoms with Gasteiger partial charge in [-0.25, -0.2) is 4.99 Å². The third-order valence-corrected chi connectivity index (χ3v) is 4.44. The van der Waals surface area contributed by atoms with Gasteiger partial charge in [-0.05, 0) is 31.0 Å². The van der Waals surface area contributed by atoms with Gasteiger partial charge in [0.15, 0.2) is 11.8 Å². The third kappa shape index (κ3) is 6.76. The summed E-state index contributed by atoms with van der Waals surface area (Å²) in [6.07, 6.45) is 2.51. The van der Waals surface area contributed by atoms with Crippen molar-refractivity contribution in [2.45, 2.75) is 33.0 Å². The first-order chi connectivity index (χ1) is 14.2. The molecule has 3 rings (SSSR count). The van der Waals surface area contributed by atoms with Crippen LogP contribution >= 0.6 is 0 Å². The maximum Gasteiger partial charge on any atom is 0.191 e. The molecule has 8 heteroatoms. The number of hydrogen-bond donors (Lipinski definition) is 2. The maximum absolute atomic E-state index is 5.62. The van der Waals surface area contributed by atoms with Gasteiger partial charge in [-0.2, -0.15) is 0 Å². The van der Waals surface area contributed by atoms with E-state index >= 15 is 0 Å². The first kappa shape index (κ1) is 20.6. The minimum atomic E-state index is 0.492. The molecule has 2 heterocycles. The van der Waals surface area contributed by atoms with Gasteiger partial charge in [-0.3, -0.25) is 0 Å². The van der Waals surface area contributed by atoms with E-state index in [2.05, 4.69) is 38.0 Å². The number of furan rings is 1. The van der Waals surface area contributed by atoms with Crippen molar-refractivity contribution in [2.75, 3.05) is 13.2 Å². The number of aryl methyl sites for hydroxylation is 1. The van der Waals surface area contributed by atoms with E-state index in [-0.39, 0.29) is 0 Å². The molecule has 0 saturated heterocycles. The van der Waals surface area contributed by atoms with Crippen molar-refractivity contribution in [3.05, 3.63) is 71.7 Å². The molecule has 0 aliphatic heterocycles. The lowest BCUT2D eigenvalue weighted by Crippen LogP contribution is -2.38. The van der Waals surface area contributed by atoms with Crippen molar-refractivity contribution < 1.29 is 9.15 Å². The molecule has 0 aliphatic rings. The molecular formula is C21H28N6O2. The molecule has 2 N–H and O–H groups in total. The second-order valence-electron chi connectivity index (χ2n) is 6.64. The first-order valence-corrected chi connectivity index (χ1v) is 9.73. The van der Waals surface area contributed by atoms with Crippen molar-refractivity contribution >= 4 is 5.96 Å². The largest absolute Gasteiger partial charge is 0.467 e. The number of hydrogen-bond acceptors (Lipinski definition) is 5. The highest BCUT2D eigenvalue weighted by molar-refractivity contribution is 5.79. The van der Waals surface area contributed by atoms with Gasteiger partial charge in [0, 0.05) is 20.2 Å². The Morgan fingerprint density at radius 1 is 1.14 bits per heavy atom. The highest BCUT2D eigenvalue weighted by Gasteiger charge is 2.06. The molecule has 2 aromatic heterocycles. The van der Waals surface area contributed by atoms with E-state index in [1.807, 2.05) is 48.9 Å². The topological polar surface area (TPSA) is 89.5 Å². The maximum atomic E-state index is 5.62. The van der Waals surface area contributed by atoms with Crippen LogP contribution in [0.1, 0.15) is 29.4 Å². The summed E-state index contributed by atoms with van der Waals surface area (Å²) in [4.78, 5) is 4.69. The second kappa shape index (κ2) is 11.0. The smallest absolute Gasteiger partial charge is 0.191 e. The predicted octanol–water partition coefficient (Wildman–Crippen LogP) is 2.56. The molecule has 0 fully saturated rings. The lowest BCUT2D eigenvalue weighted by atomic mass is 10.2. The summed E-state index contributed by atoms with van der Waals surface area (Å²) in [6.45, 7) is 4.96. The number of ether oxygens (including phenoxy) is 1. The second-order valence-corrected chi connectivity index (χ2v) is 6.64. The predicted molar refractivity (Wildman–Crippen MR) is 111 cm³/mol. The van der Waals surface area contributed by atoms with Crippen LogP contribution in [-0.4, -0.2) is 33.9 Å². The average molecular weight is 396 g/mol. The third-order valence-electron chi connectivity index (χ3n) is 4.44. The summed E-state index contributed by atoms with van der Waals surface area (Å²) >= 11 is 0. The fourth-order valence-electron chi connectivity index (χ4n) is 2.64. The van der Waals surface area contributed by atoms with Crippen LogP contribution in [0.2, 0.25) is 0 Å². The number of guanidine groups is 1. The van der Waals surface area contributed by atoms with Gasteiger partial charge in [-0.15, -0.1) is 10.2 Å². The van der Waals surface area contributed by atoms with Gasteiger partial charge >= 0.3 is 0 Å². The van der Waals surface area contributed by atoms with Crippen molar-refractivity contribution in [3.63, 3.8) is 0 Å². The minimum Gasteiger partial charge on any atom is -0.467 e. The highest BCUT2D eigenvalue weighted by Crippen LogP contribution is 2.02. The number of benzene rings is 1. The van der Waals surface area contributed by atoms with Crippen LogP contribution in [0.4, 0.5) is 0 Å². The summed E-state index contributed by atoms with van der Waals surface area (Å²) in [5, 5.41) is 15.0. The molecule has 0 atom stereocenters. The lowest BCUT2D eigenvalue weighted by molar-refractivity contribution is 0.105. The van der Waals surface area contributed by atoms with E-state index in [9.17, 15) is 0 Å². The molecule has 0 radical (unpaired) electrons. The van der Waals surface area contributed by atoms with Crippen LogP contribution in [-0.2, 0) is 31.5 Å². The zero-order chi connectivity index (χ0) is 20.3. The molecule has 1 aromatic carbocycles. The molecule has 0 aliphatic carbocycles. The van der Waals surface area contributed by atoms with Crippen LogP contribution in [0.25, 0.3) is 0 Å². The van der Waals surface area contributed by atoms with E-state index in [0.29, 0.717) is 26.3 Å². The fourth-order valence-corrected chi connectivity index (χ4v) is 2.64. The molecule has 0 spiro atoms. The Kier molecular flexibility index (Phi) is 7.82. The molecule has 8 nitrogen and oxygen atoms in total. The Morgan fingerprint density at radius 3 is 2.72 bits per heavy atom. The number of nitrogens with zero attached hydrogens (tertiary/aromatic N) is 4. The van der Waals surface area contributed by atoms with Gasteiger partial charge in [0.05, 0.1) is 19.4 Å². The molecule has 0 unspecified atom stereocenters. The lowest BCUT2D eigenvalue weighted by Gasteiger charge is -2.13. The summed E-state index contributed by atoms with van der Waals surface area (Å²) in [6, 6.07) is 13.9. The zero-order valence-electron chi connectivity index (χ0n) is 17.0. The molecule has 0 saturated carbocycles. The van der Waals surface area contributed by atoms with E-state index in [0.717, 1.165) is 41.9 Å². The van der Waals surface area contributed by atoms with Gasteiger partial charge in [0.2, 0.25) is 0 Å². The number of aliphatic imine (C=N–C) groups is 1. The molecular weight excluding hydrogens is 368 g/mol. The Balaban J connectivity index is 1.47. The quantitative estimate of drug-likeness (QED) is 0.311. The highest BCUT2D eigenvalue weighted by atomic mass is 16.5. The molecule has 0 bridgehead atoms. The van der Waals surface area contributed by atoms with E-state index in [4.69, 9.17) is 9.15 Å². The van der Waals surface area contributed by atoms with Gasteiger partial charge < -0.3 is 24.4 Å². The van der Waals surface area contributed by atoms with Gasteiger partial charge in [0.1, 0.15) is 18.2 Å². The van der Waals surface area contributed by atoms with Crippen LogP contribution in [0.3, 0.4) is 0 Å². The number of rotatable bonds is 10. The Labute approximate surface area is 171 Å². The monoisotopic (exact) mass is 396 g/mol. The first-order valence-electron chi connectivity index (χ1n) is 9.73. The molecule has 3 aromatic rings. The Bertz CT molecular complexity index is 874. The standard InChI is InChI=1S/C21H28N6O2/c1-17-25-26-20(27(17)2)15-24-21(23-14-18-8-4-3-5-9-18)22-11-7-12-28-16-19-10-6-13-29-19/h3-6,8-10,13H,7,11-12,14-16H2,1-2H3,(H2,22,23,24). The average Bonchev–Trinajstić information content (AvgIpc) is 3.37. The number of nitrogens with one attached hydrogen (secondary N) is 2. The SMILES string of the molecule is Cc1nnc(CNC(=NCc2ccccc2)NCCCOCc2ccco2)n1C. The van der Waals surface area contributed by atoms with Gasteiger partial charge in [-0.1, -0.05) is 30.3 Å². The zero-order valence-corrected chi connectivity index (χ0v) is 17.0. The van der Waals surface area contributed by atoms with Crippen molar-refractivity contribution in [3.8, 4) is 0 Å². The van der Waals surface area contributed by atoms with E-state index < -0.39 is 0 Å². The normalized spacial score (nSPS) is 11.6. The van der Waals surface area contributed by atoms with Crippen molar-refractivity contribution in [1.29, 1.82) is 0 Å². The van der Waals surface area contributed by atoms with Crippen LogP contribution in [0.5, 0.6) is 0 Å². The fraction of sp³-hybridized carbons (Fsp3) is 0.381. The van der Waals surface area contributed by atoms with Gasteiger partial charge in [0.25, 0.3) is 0 Å². The molecule has 154 valence electrons. The Hall–Kier alpha value is -3.13. The molecule has 0 amide bonds. The summed E-state index contributed by atoms with van der Waals surface area (Å²) < 4.78 is 12.8. The van der Waals surface area contributed by atoms with E-state index in [1.165, 1.54) is 0 Å². The van der Waals surface area contributed by atoms with E-state index in [1.54, 1.807) is 6.26 Å². The minimum absolute atomic E-state index is 0.492.